The molecule has 0 radical (unpaired) electrons. The van der Waals surface area contributed by atoms with Crippen LogP contribution in [0.4, 0.5) is 0 Å². The summed E-state index contributed by atoms with van der Waals surface area (Å²) in [6.45, 7) is 1.18. The van der Waals surface area contributed by atoms with E-state index in [2.05, 4.69) is 5.32 Å². The summed E-state index contributed by atoms with van der Waals surface area (Å²) >= 11 is 0. The second-order valence-corrected chi connectivity index (χ2v) is 2.71. The van der Waals surface area contributed by atoms with Crippen LogP contribution in [0, 0.1) is 0 Å². The van der Waals surface area contributed by atoms with Gasteiger partial charge in [-0.15, -0.1) is 0 Å². The number of rotatable bonds is 5. The fraction of sp³-hybridized carbons (Fsp3) is 0.400. The Balaban J connectivity index is 2.66. The Morgan fingerprint density at radius 1 is 1.38 bits per heavy atom. The first-order valence-corrected chi connectivity index (χ1v) is 4.34. The highest BCUT2D eigenvalue weighted by Gasteiger charge is 2.00. The third kappa shape index (κ3) is 3.05. The van der Waals surface area contributed by atoms with Crippen molar-refractivity contribution < 1.29 is 9.84 Å². The molecule has 2 N–H and O–H groups in total. The molecule has 0 aromatic heterocycles. The third-order valence-electron chi connectivity index (χ3n) is 1.69. The minimum absolute atomic E-state index is 0.0495. The van der Waals surface area contributed by atoms with Crippen LogP contribution in [0.3, 0.4) is 0 Å². The van der Waals surface area contributed by atoms with Crippen LogP contribution in [-0.4, -0.2) is 25.4 Å². The highest BCUT2D eigenvalue weighted by molar-refractivity contribution is 5.33. The van der Waals surface area contributed by atoms with Crippen LogP contribution in [0.15, 0.2) is 24.3 Å². The van der Waals surface area contributed by atoms with Crippen molar-refractivity contribution in [3.05, 3.63) is 29.8 Å². The lowest BCUT2D eigenvalue weighted by Gasteiger charge is -2.09. The summed E-state index contributed by atoms with van der Waals surface area (Å²) in [6.07, 6.45) is 0. The first kappa shape index (κ1) is 10.0. The zero-order valence-corrected chi connectivity index (χ0v) is 7.79. The number of hydrogen-bond acceptors (Lipinski definition) is 3. The first-order valence-electron chi connectivity index (χ1n) is 4.34. The smallest absolute Gasteiger partial charge is 0.123 e. The number of para-hydroxylation sites is 1. The van der Waals surface area contributed by atoms with Crippen LogP contribution < -0.4 is 10.1 Å². The van der Waals surface area contributed by atoms with Gasteiger partial charge in [-0.05, 0) is 13.1 Å². The number of aliphatic hydroxyl groups excluding tert-OH is 1. The molecule has 13 heavy (non-hydrogen) atoms. The van der Waals surface area contributed by atoms with Gasteiger partial charge in [-0.3, -0.25) is 0 Å². The maximum absolute atomic E-state index is 8.61. The topological polar surface area (TPSA) is 41.5 Å². The van der Waals surface area contributed by atoms with E-state index < -0.39 is 0 Å². The average Bonchev–Trinajstić information content (AvgIpc) is 2.17. The fourth-order valence-electron chi connectivity index (χ4n) is 1.14. The van der Waals surface area contributed by atoms with E-state index in [1.807, 2.05) is 31.3 Å². The van der Waals surface area contributed by atoms with E-state index in [-0.39, 0.29) is 6.61 Å². The maximum atomic E-state index is 8.61. The SMILES string of the molecule is CNCc1ccccc1OCCO. The normalized spacial score (nSPS) is 10.0. The minimum Gasteiger partial charge on any atom is -0.491 e. The van der Waals surface area contributed by atoms with Gasteiger partial charge in [0.05, 0.1) is 6.61 Å². The largest absolute Gasteiger partial charge is 0.491 e. The zero-order chi connectivity index (χ0) is 9.52. The second kappa shape index (κ2) is 5.56. The molecular weight excluding hydrogens is 166 g/mol. The molecular formula is C10H15NO2. The van der Waals surface area contributed by atoms with Crippen molar-refractivity contribution in [2.45, 2.75) is 6.54 Å². The molecule has 1 aromatic rings. The van der Waals surface area contributed by atoms with Crippen molar-refractivity contribution in [1.82, 2.24) is 5.32 Å². The second-order valence-electron chi connectivity index (χ2n) is 2.71. The Kier molecular flexibility index (Phi) is 4.29. The molecule has 3 nitrogen and oxygen atoms in total. The van der Waals surface area contributed by atoms with Gasteiger partial charge in [-0.2, -0.15) is 0 Å². The predicted molar refractivity (Wildman–Crippen MR) is 51.8 cm³/mol. The van der Waals surface area contributed by atoms with Gasteiger partial charge in [0.15, 0.2) is 0 Å². The van der Waals surface area contributed by atoms with E-state index in [4.69, 9.17) is 9.84 Å². The molecule has 3 heteroatoms. The van der Waals surface area contributed by atoms with Gasteiger partial charge in [-0.25, -0.2) is 0 Å². The van der Waals surface area contributed by atoms with Crippen molar-refractivity contribution in [1.29, 1.82) is 0 Å². The quantitative estimate of drug-likeness (QED) is 0.705. The van der Waals surface area contributed by atoms with Gasteiger partial charge >= 0.3 is 0 Å². The van der Waals surface area contributed by atoms with Crippen molar-refractivity contribution in [2.75, 3.05) is 20.3 Å². The summed E-state index contributed by atoms with van der Waals surface area (Å²) in [4.78, 5) is 0. The van der Waals surface area contributed by atoms with E-state index >= 15 is 0 Å². The molecule has 0 amide bonds. The molecule has 0 spiro atoms. The molecule has 0 saturated carbocycles. The van der Waals surface area contributed by atoms with Gasteiger partial charge < -0.3 is 15.2 Å². The average molecular weight is 181 g/mol. The summed E-state index contributed by atoms with van der Waals surface area (Å²) < 4.78 is 5.35. The Bertz CT molecular complexity index is 250. The molecule has 0 unspecified atom stereocenters. The van der Waals surface area contributed by atoms with E-state index in [0.717, 1.165) is 17.9 Å². The van der Waals surface area contributed by atoms with Gasteiger partial charge in [-0.1, -0.05) is 18.2 Å². The Morgan fingerprint density at radius 2 is 2.15 bits per heavy atom. The standard InChI is InChI=1S/C10H15NO2/c1-11-8-9-4-2-3-5-10(9)13-7-6-12/h2-5,11-12H,6-8H2,1H3. The summed E-state index contributed by atoms with van der Waals surface area (Å²) in [7, 11) is 1.89. The predicted octanol–water partition coefficient (Wildman–Crippen LogP) is 0.777. The lowest BCUT2D eigenvalue weighted by Crippen LogP contribution is -2.09. The molecule has 0 heterocycles. The molecule has 0 bridgehead atoms. The van der Waals surface area contributed by atoms with Crippen LogP contribution >= 0.6 is 0 Å². The lowest BCUT2D eigenvalue weighted by atomic mass is 10.2. The summed E-state index contributed by atoms with van der Waals surface area (Å²) in [5.41, 5.74) is 1.11. The van der Waals surface area contributed by atoms with E-state index in [0.29, 0.717) is 6.61 Å². The molecule has 0 saturated heterocycles. The van der Waals surface area contributed by atoms with Crippen LogP contribution in [-0.2, 0) is 6.54 Å². The fourth-order valence-corrected chi connectivity index (χ4v) is 1.14. The van der Waals surface area contributed by atoms with Crippen molar-refractivity contribution in [3.8, 4) is 5.75 Å². The Morgan fingerprint density at radius 3 is 2.85 bits per heavy atom. The van der Waals surface area contributed by atoms with Crippen molar-refractivity contribution >= 4 is 0 Å². The molecule has 0 aliphatic rings. The number of benzene rings is 1. The summed E-state index contributed by atoms with van der Waals surface area (Å²) in [5.74, 6) is 0.839. The van der Waals surface area contributed by atoms with E-state index in [9.17, 15) is 0 Å². The molecule has 1 rings (SSSR count). The molecule has 0 aliphatic heterocycles. The zero-order valence-electron chi connectivity index (χ0n) is 7.79. The number of nitrogens with one attached hydrogen (secondary N) is 1. The molecule has 0 fully saturated rings. The van der Waals surface area contributed by atoms with E-state index in [1.54, 1.807) is 0 Å². The summed E-state index contributed by atoms with van der Waals surface area (Å²) in [5, 5.41) is 11.7. The highest BCUT2D eigenvalue weighted by Crippen LogP contribution is 2.17. The van der Waals surface area contributed by atoms with Crippen LogP contribution in [0.25, 0.3) is 0 Å². The monoisotopic (exact) mass is 181 g/mol. The van der Waals surface area contributed by atoms with Gasteiger partial charge in [0.25, 0.3) is 0 Å². The maximum Gasteiger partial charge on any atom is 0.123 e. The summed E-state index contributed by atoms with van der Waals surface area (Å²) in [6, 6.07) is 7.80. The number of hydrogen-bond donors (Lipinski definition) is 2. The first-order chi connectivity index (χ1) is 6.38. The van der Waals surface area contributed by atoms with Gasteiger partial charge in [0.1, 0.15) is 12.4 Å². The van der Waals surface area contributed by atoms with Gasteiger partial charge in [0.2, 0.25) is 0 Å². The Labute approximate surface area is 78.3 Å². The third-order valence-corrected chi connectivity index (χ3v) is 1.69. The molecule has 0 aliphatic carbocycles. The molecule has 72 valence electrons. The molecule has 0 atom stereocenters. The Hall–Kier alpha value is -1.06. The van der Waals surface area contributed by atoms with E-state index in [1.165, 1.54) is 0 Å². The van der Waals surface area contributed by atoms with Crippen molar-refractivity contribution in [3.63, 3.8) is 0 Å². The highest BCUT2D eigenvalue weighted by atomic mass is 16.5. The minimum atomic E-state index is 0.0495. The van der Waals surface area contributed by atoms with Gasteiger partial charge in [0, 0.05) is 12.1 Å². The lowest BCUT2D eigenvalue weighted by molar-refractivity contribution is 0.200. The van der Waals surface area contributed by atoms with Crippen molar-refractivity contribution in [2.24, 2.45) is 0 Å². The van der Waals surface area contributed by atoms with Crippen LogP contribution in [0.1, 0.15) is 5.56 Å². The van der Waals surface area contributed by atoms with Crippen LogP contribution in [0.5, 0.6) is 5.75 Å². The number of aliphatic hydroxyl groups is 1. The van der Waals surface area contributed by atoms with Crippen LogP contribution in [0.2, 0.25) is 0 Å². The number of ether oxygens (including phenoxy) is 1. The molecule has 1 aromatic carbocycles.